The molecule has 3 rings (SSSR count). The van der Waals surface area contributed by atoms with Gasteiger partial charge in [-0.15, -0.1) is 0 Å². The van der Waals surface area contributed by atoms with E-state index in [4.69, 9.17) is 0 Å². The molecule has 1 aliphatic heterocycles. The Balaban J connectivity index is 2.17. The molecular formula is C20H21N3O. The molecule has 0 radical (unpaired) electrons. The number of fused-ring (bicyclic) bond motifs is 1. The minimum Gasteiger partial charge on any atom is -0.395 e. The first-order valence-electron chi connectivity index (χ1n) is 8.49. The number of rotatable bonds is 3. The number of benzene rings is 1. The minimum absolute atomic E-state index is 0.0931. The Morgan fingerprint density at radius 2 is 1.83 bits per heavy atom. The fourth-order valence-electron chi connectivity index (χ4n) is 4.03. The van der Waals surface area contributed by atoms with E-state index in [2.05, 4.69) is 17.0 Å². The van der Waals surface area contributed by atoms with E-state index in [1.54, 1.807) is 0 Å². The quantitative estimate of drug-likeness (QED) is 0.868. The van der Waals surface area contributed by atoms with Crippen LogP contribution in [0.25, 0.3) is 5.70 Å². The normalized spacial score (nSPS) is 22.9. The van der Waals surface area contributed by atoms with E-state index < -0.39 is 0 Å². The lowest BCUT2D eigenvalue weighted by molar-refractivity contribution is 0.145. The highest BCUT2D eigenvalue weighted by atomic mass is 16.3. The Morgan fingerprint density at radius 1 is 1.12 bits per heavy atom. The molecular weight excluding hydrogens is 298 g/mol. The Kier molecular flexibility index (Phi) is 4.99. The molecule has 1 heterocycles. The number of hydrogen-bond acceptors (Lipinski definition) is 4. The first kappa shape index (κ1) is 16.3. The molecule has 122 valence electrons. The van der Waals surface area contributed by atoms with Crippen LogP contribution in [-0.2, 0) is 0 Å². The Hall–Kier alpha value is -2.56. The number of nitriles is 2. The summed E-state index contributed by atoms with van der Waals surface area (Å²) in [5.74, 6) is 0.201. The van der Waals surface area contributed by atoms with E-state index in [0.29, 0.717) is 6.54 Å². The standard InChI is InChI=1S/C20H21N3O/c21-13-16(14-22)18-12-20(15-6-2-1-3-7-15)23(10-11-24)19-9-5-4-8-17(18)19/h1-3,6-7,12,17,19,24H,4-5,8-11H2/t17-,19+/m0/s1. The van der Waals surface area contributed by atoms with Crippen molar-refractivity contribution in [3.8, 4) is 12.1 Å². The van der Waals surface area contributed by atoms with Crippen molar-refractivity contribution in [2.45, 2.75) is 31.7 Å². The smallest absolute Gasteiger partial charge is 0.133 e. The van der Waals surface area contributed by atoms with Gasteiger partial charge in [0.25, 0.3) is 0 Å². The van der Waals surface area contributed by atoms with Crippen molar-refractivity contribution in [3.05, 3.63) is 53.1 Å². The van der Waals surface area contributed by atoms with Gasteiger partial charge >= 0.3 is 0 Å². The first-order chi connectivity index (χ1) is 11.8. The highest BCUT2D eigenvalue weighted by Gasteiger charge is 2.38. The number of β-amino-alcohol motifs (C(OH)–C–C–N with tert-alkyl or cyclic N) is 1. The molecule has 0 saturated heterocycles. The van der Waals surface area contributed by atoms with Crippen molar-refractivity contribution >= 4 is 5.70 Å². The predicted molar refractivity (Wildman–Crippen MR) is 92.2 cm³/mol. The van der Waals surface area contributed by atoms with Gasteiger partial charge in [0, 0.05) is 24.2 Å². The van der Waals surface area contributed by atoms with E-state index in [-0.39, 0.29) is 24.1 Å². The molecule has 0 unspecified atom stereocenters. The third kappa shape index (κ3) is 2.94. The van der Waals surface area contributed by atoms with Gasteiger partial charge in [-0.2, -0.15) is 10.5 Å². The molecule has 24 heavy (non-hydrogen) atoms. The monoisotopic (exact) mass is 319 g/mol. The van der Waals surface area contributed by atoms with Crippen LogP contribution in [0.3, 0.4) is 0 Å². The number of aliphatic hydroxyl groups is 1. The lowest BCUT2D eigenvalue weighted by Gasteiger charge is -2.46. The maximum Gasteiger partial charge on any atom is 0.133 e. The second kappa shape index (κ2) is 7.34. The summed E-state index contributed by atoms with van der Waals surface area (Å²) in [4.78, 5) is 2.27. The molecule has 1 aliphatic carbocycles. The van der Waals surface area contributed by atoms with Crippen LogP contribution in [0.5, 0.6) is 0 Å². The van der Waals surface area contributed by atoms with Crippen molar-refractivity contribution in [2.24, 2.45) is 5.92 Å². The number of nitrogens with zero attached hydrogens (tertiary/aromatic N) is 3. The number of aliphatic hydroxyl groups excluding tert-OH is 1. The first-order valence-corrected chi connectivity index (χ1v) is 8.49. The van der Waals surface area contributed by atoms with Crippen molar-refractivity contribution in [1.29, 1.82) is 10.5 Å². The second-order valence-corrected chi connectivity index (χ2v) is 6.32. The summed E-state index contributed by atoms with van der Waals surface area (Å²) in [5.41, 5.74) is 3.16. The molecule has 4 heteroatoms. The van der Waals surface area contributed by atoms with Crippen LogP contribution in [0, 0.1) is 28.6 Å². The average Bonchev–Trinajstić information content (AvgIpc) is 2.65. The van der Waals surface area contributed by atoms with Gasteiger partial charge in [0.1, 0.15) is 17.7 Å². The Bertz CT molecular complexity index is 720. The van der Waals surface area contributed by atoms with Crippen molar-refractivity contribution in [1.82, 2.24) is 4.90 Å². The number of allylic oxidation sites excluding steroid dienone is 2. The molecule has 1 aromatic carbocycles. The van der Waals surface area contributed by atoms with Crippen LogP contribution in [0.15, 0.2) is 47.6 Å². The zero-order chi connectivity index (χ0) is 16.9. The van der Waals surface area contributed by atoms with E-state index >= 15 is 0 Å². The molecule has 0 spiro atoms. The van der Waals surface area contributed by atoms with Gasteiger partial charge in [0.05, 0.1) is 6.61 Å². The topological polar surface area (TPSA) is 71.0 Å². The van der Waals surface area contributed by atoms with Gasteiger partial charge < -0.3 is 10.0 Å². The summed E-state index contributed by atoms with van der Waals surface area (Å²) < 4.78 is 0. The van der Waals surface area contributed by atoms with Gasteiger partial charge in [-0.3, -0.25) is 0 Å². The number of hydrogen-bond donors (Lipinski definition) is 1. The molecule has 1 fully saturated rings. The summed E-state index contributed by atoms with van der Waals surface area (Å²) >= 11 is 0. The van der Waals surface area contributed by atoms with E-state index in [1.165, 1.54) is 0 Å². The van der Waals surface area contributed by atoms with Gasteiger partial charge in [0.2, 0.25) is 0 Å². The summed E-state index contributed by atoms with van der Waals surface area (Å²) in [6.45, 7) is 0.666. The second-order valence-electron chi connectivity index (χ2n) is 6.32. The molecule has 0 aromatic heterocycles. The summed E-state index contributed by atoms with van der Waals surface area (Å²) in [6, 6.07) is 14.4. The molecule has 1 N–H and O–H groups in total. The predicted octanol–water partition coefficient (Wildman–Crippen LogP) is 3.24. The van der Waals surface area contributed by atoms with Gasteiger partial charge in [-0.1, -0.05) is 43.2 Å². The summed E-state index contributed by atoms with van der Waals surface area (Å²) in [6.07, 6.45) is 6.29. The maximum atomic E-state index is 9.56. The molecule has 1 saturated carbocycles. The molecule has 1 aromatic rings. The van der Waals surface area contributed by atoms with Crippen LogP contribution in [-0.4, -0.2) is 29.2 Å². The van der Waals surface area contributed by atoms with Crippen LogP contribution in [0.4, 0.5) is 0 Å². The van der Waals surface area contributed by atoms with Crippen molar-refractivity contribution in [2.75, 3.05) is 13.2 Å². The van der Waals surface area contributed by atoms with Gasteiger partial charge in [-0.05, 0) is 30.1 Å². The van der Waals surface area contributed by atoms with Crippen LogP contribution in [0.2, 0.25) is 0 Å². The highest BCUT2D eigenvalue weighted by Crippen LogP contribution is 2.43. The summed E-state index contributed by atoms with van der Waals surface area (Å²) in [5, 5.41) is 28.3. The Morgan fingerprint density at radius 3 is 2.50 bits per heavy atom. The lowest BCUT2D eigenvalue weighted by atomic mass is 9.74. The fraction of sp³-hybridized carbons (Fsp3) is 0.400. The zero-order valence-corrected chi connectivity index (χ0v) is 13.7. The summed E-state index contributed by atoms with van der Waals surface area (Å²) in [7, 11) is 0. The molecule has 0 bridgehead atoms. The average molecular weight is 319 g/mol. The third-order valence-electron chi connectivity index (χ3n) is 5.05. The van der Waals surface area contributed by atoms with Crippen molar-refractivity contribution in [3.63, 3.8) is 0 Å². The van der Waals surface area contributed by atoms with E-state index in [0.717, 1.165) is 42.5 Å². The molecule has 2 aliphatic rings. The van der Waals surface area contributed by atoms with Crippen LogP contribution in [0.1, 0.15) is 31.2 Å². The van der Waals surface area contributed by atoms with Gasteiger partial charge in [0.15, 0.2) is 0 Å². The SMILES string of the molecule is N#CC(C#N)=C1C=C(c2ccccc2)N(CCO)[C@@H]2CCCC[C@@H]12. The van der Waals surface area contributed by atoms with Crippen molar-refractivity contribution < 1.29 is 5.11 Å². The fourth-order valence-corrected chi connectivity index (χ4v) is 4.03. The molecule has 0 amide bonds. The zero-order valence-electron chi connectivity index (χ0n) is 13.7. The highest BCUT2D eigenvalue weighted by molar-refractivity contribution is 5.70. The third-order valence-corrected chi connectivity index (χ3v) is 5.05. The lowest BCUT2D eigenvalue weighted by Crippen LogP contribution is -2.46. The van der Waals surface area contributed by atoms with Crippen LogP contribution >= 0.6 is 0 Å². The van der Waals surface area contributed by atoms with E-state index in [1.807, 2.05) is 36.4 Å². The van der Waals surface area contributed by atoms with E-state index in [9.17, 15) is 15.6 Å². The molecule has 2 atom stereocenters. The van der Waals surface area contributed by atoms with Crippen LogP contribution < -0.4 is 0 Å². The van der Waals surface area contributed by atoms with Gasteiger partial charge in [-0.25, -0.2) is 0 Å². The maximum absolute atomic E-state index is 9.56. The minimum atomic E-state index is 0.0931. The largest absolute Gasteiger partial charge is 0.395 e. The molecule has 4 nitrogen and oxygen atoms in total. The Labute approximate surface area is 142 Å².